The highest BCUT2D eigenvalue weighted by Gasteiger charge is 2.46. The molecule has 5 heteroatoms. The molecule has 0 amide bonds. The number of rotatable bonds is 2. The first-order valence-corrected chi connectivity index (χ1v) is 6.76. The van der Waals surface area contributed by atoms with Crippen LogP contribution in [0.15, 0.2) is 29.0 Å². The minimum atomic E-state index is 0.0308. The molecule has 2 aliphatic heterocycles. The third-order valence-corrected chi connectivity index (χ3v) is 4.27. The number of ether oxygens (including phenoxy) is 1. The van der Waals surface area contributed by atoms with Gasteiger partial charge in [-0.25, -0.2) is 4.98 Å². The number of oxazole rings is 1. The van der Waals surface area contributed by atoms with Gasteiger partial charge in [-0.3, -0.25) is 4.90 Å². The van der Waals surface area contributed by atoms with Gasteiger partial charge in [0.25, 0.3) is 0 Å². The normalized spacial score (nSPS) is 23.4. The van der Waals surface area contributed by atoms with E-state index in [2.05, 4.69) is 27.3 Å². The minimum absolute atomic E-state index is 0.0308. The Morgan fingerprint density at radius 2 is 2.05 bits per heavy atom. The van der Waals surface area contributed by atoms with Gasteiger partial charge in [0.05, 0.1) is 18.8 Å². The van der Waals surface area contributed by atoms with Gasteiger partial charge in [0, 0.05) is 26.2 Å². The summed E-state index contributed by atoms with van der Waals surface area (Å²) in [6.45, 7) is 5.77. The molecule has 0 radical (unpaired) electrons. The van der Waals surface area contributed by atoms with E-state index in [0.717, 1.165) is 50.5 Å². The van der Waals surface area contributed by atoms with Crippen molar-refractivity contribution < 1.29 is 9.15 Å². The predicted octanol–water partition coefficient (Wildman–Crippen LogP) is 0.958. The second-order valence-corrected chi connectivity index (χ2v) is 5.30. The molecule has 0 aliphatic carbocycles. The van der Waals surface area contributed by atoms with E-state index in [1.165, 1.54) is 12.0 Å². The van der Waals surface area contributed by atoms with Crippen LogP contribution in [-0.2, 0) is 10.3 Å². The van der Waals surface area contributed by atoms with Crippen molar-refractivity contribution >= 4 is 11.1 Å². The van der Waals surface area contributed by atoms with Crippen molar-refractivity contribution in [1.29, 1.82) is 0 Å². The van der Waals surface area contributed by atoms with Crippen LogP contribution in [0.2, 0.25) is 0 Å². The molecular formula is C14H17N3O2. The molecule has 19 heavy (non-hydrogen) atoms. The molecule has 3 heterocycles. The van der Waals surface area contributed by atoms with Crippen LogP contribution in [0.25, 0.3) is 11.1 Å². The summed E-state index contributed by atoms with van der Waals surface area (Å²) in [5, 5.41) is 3.40. The van der Waals surface area contributed by atoms with E-state index in [-0.39, 0.29) is 5.54 Å². The van der Waals surface area contributed by atoms with Gasteiger partial charge in [0.2, 0.25) is 0 Å². The standard InChI is InChI=1S/C14H17N3O2/c1-2-12-13(19-10-16-12)7-11(1)14(8-18-9-14)17-5-3-15-4-6-17/h1-2,7,10,15H,3-6,8-9H2. The molecule has 2 aromatic rings. The van der Waals surface area contributed by atoms with Crippen molar-refractivity contribution in [2.75, 3.05) is 39.4 Å². The van der Waals surface area contributed by atoms with Gasteiger partial charge in [-0.05, 0) is 17.7 Å². The Balaban J connectivity index is 1.74. The van der Waals surface area contributed by atoms with E-state index in [0.29, 0.717) is 0 Å². The SMILES string of the molecule is c1nc2ccc(C3(N4CCNCC4)COC3)cc2o1. The second-order valence-electron chi connectivity index (χ2n) is 5.30. The van der Waals surface area contributed by atoms with Crippen LogP contribution in [-0.4, -0.2) is 49.3 Å². The van der Waals surface area contributed by atoms with E-state index in [4.69, 9.17) is 9.15 Å². The van der Waals surface area contributed by atoms with Crippen LogP contribution < -0.4 is 5.32 Å². The molecule has 0 bridgehead atoms. The van der Waals surface area contributed by atoms with Crippen LogP contribution in [0.1, 0.15) is 5.56 Å². The molecule has 0 spiro atoms. The Kier molecular flexibility index (Phi) is 2.58. The highest BCUT2D eigenvalue weighted by atomic mass is 16.5. The second kappa shape index (κ2) is 4.30. The number of nitrogens with one attached hydrogen (secondary N) is 1. The quantitative estimate of drug-likeness (QED) is 0.870. The van der Waals surface area contributed by atoms with Crippen molar-refractivity contribution in [1.82, 2.24) is 15.2 Å². The first-order chi connectivity index (χ1) is 9.38. The summed E-state index contributed by atoms with van der Waals surface area (Å²) in [5.41, 5.74) is 3.09. The molecule has 2 saturated heterocycles. The summed E-state index contributed by atoms with van der Waals surface area (Å²) >= 11 is 0. The summed E-state index contributed by atoms with van der Waals surface area (Å²) in [7, 11) is 0. The number of hydrogen-bond acceptors (Lipinski definition) is 5. The average Bonchev–Trinajstić information content (AvgIpc) is 2.86. The van der Waals surface area contributed by atoms with Crippen molar-refractivity contribution in [2.45, 2.75) is 5.54 Å². The highest BCUT2D eigenvalue weighted by molar-refractivity contribution is 5.73. The van der Waals surface area contributed by atoms with Gasteiger partial charge in [0.1, 0.15) is 5.52 Å². The molecule has 0 saturated carbocycles. The summed E-state index contributed by atoms with van der Waals surface area (Å²) < 4.78 is 11.0. The molecule has 100 valence electrons. The van der Waals surface area contributed by atoms with E-state index in [9.17, 15) is 0 Å². The number of benzene rings is 1. The van der Waals surface area contributed by atoms with Gasteiger partial charge in [-0.15, -0.1) is 0 Å². The van der Waals surface area contributed by atoms with Crippen LogP contribution in [0.3, 0.4) is 0 Å². The Morgan fingerprint density at radius 1 is 1.21 bits per heavy atom. The lowest BCUT2D eigenvalue weighted by Crippen LogP contribution is -2.63. The molecule has 2 fully saturated rings. The number of piperazine rings is 1. The maximum Gasteiger partial charge on any atom is 0.181 e. The van der Waals surface area contributed by atoms with Crippen LogP contribution in [0.5, 0.6) is 0 Å². The largest absolute Gasteiger partial charge is 0.443 e. The Morgan fingerprint density at radius 3 is 2.79 bits per heavy atom. The molecule has 1 N–H and O–H groups in total. The first kappa shape index (κ1) is 11.4. The Hall–Kier alpha value is -1.43. The summed E-state index contributed by atoms with van der Waals surface area (Å²) in [6.07, 6.45) is 1.50. The maximum absolute atomic E-state index is 5.53. The van der Waals surface area contributed by atoms with Gasteiger partial charge in [-0.2, -0.15) is 0 Å². The monoisotopic (exact) mass is 259 g/mol. The number of hydrogen-bond donors (Lipinski definition) is 1. The fourth-order valence-electron chi connectivity index (χ4n) is 3.06. The lowest BCUT2D eigenvalue weighted by Gasteiger charge is -2.51. The van der Waals surface area contributed by atoms with Gasteiger partial charge < -0.3 is 14.5 Å². The Labute approximate surface area is 111 Å². The molecular weight excluding hydrogens is 242 g/mol. The topological polar surface area (TPSA) is 50.5 Å². The van der Waals surface area contributed by atoms with Gasteiger partial charge in [-0.1, -0.05) is 6.07 Å². The van der Waals surface area contributed by atoms with Crippen molar-refractivity contribution in [3.8, 4) is 0 Å². The molecule has 0 unspecified atom stereocenters. The zero-order valence-corrected chi connectivity index (χ0v) is 10.8. The fourth-order valence-corrected chi connectivity index (χ4v) is 3.06. The number of nitrogens with zero attached hydrogens (tertiary/aromatic N) is 2. The van der Waals surface area contributed by atoms with Crippen LogP contribution in [0.4, 0.5) is 0 Å². The first-order valence-electron chi connectivity index (χ1n) is 6.76. The van der Waals surface area contributed by atoms with Crippen molar-refractivity contribution in [2.24, 2.45) is 0 Å². The lowest BCUT2D eigenvalue weighted by atomic mass is 9.85. The Bertz CT molecular complexity index is 585. The smallest absolute Gasteiger partial charge is 0.181 e. The molecule has 0 atom stereocenters. The van der Waals surface area contributed by atoms with Crippen molar-refractivity contribution in [3.05, 3.63) is 30.2 Å². The van der Waals surface area contributed by atoms with Crippen LogP contribution >= 0.6 is 0 Å². The molecule has 1 aromatic carbocycles. The summed E-state index contributed by atoms with van der Waals surface area (Å²) in [5.74, 6) is 0. The average molecular weight is 259 g/mol. The van der Waals surface area contributed by atoms with Crippen LogP contribution in [0, 0.1) is 0 Å². The number of aromatic nitrogens is 1. The molecule has 4 rings (SSSR count). The van der Waals surface area contributed by atoms with Gasteiger partial charge in [0.15, 0.2) is 12.0 Å². The fraction of sp³-hybridized carbons (Fsp3) is 0.500. The van der Waals surface area contributed by atoms with E-state index >= 15 is 0 Å². The third-order valence-electron chi connectivity index (χ3n) is 4.27. The van der Waals surface area contributed by atoms with E-state index in [1.807, 2.05) is 6.07 Å². The van der Waals surface area contributed by atoms with E-state index < -0.39 is 0 Å². The molecule has 2 aliphatic rings. The lowest BCUT2D eigenvalue weighted by molar-refractivity contribution is -0.149. The maximum atomic E-state index is 5.53. The summed E-state index contributed by atoms with van der Waals surface area (Å²) in [6, 6.07) is 6.32. The molecule has 1 aromatic heterocycles. The zero-order chi connectivity index (χ0) is 12.7. The van der Waals surface area contributed by atoms with E-state index in [1.54, 1.807) is 0 Å². The number of fused-ring (bicyclic) bond motifs is 1. The van der Waals surface area contributed by atoms with Crippen molar-refractivity contribution in [3.63, 3.8) is 0 Å². The van der Waals surface area contributed by atoms with Gasteiger partial charge >= 0.3 is 0 Å². The zero-order valence-electron chi connectivity index (χ0n) is 10.8. The molecule has 5 nitrogen and oxygen atoms in total. The third kappa shape index (κ3) is 1.69. The summed E-state index contributed by atoms with van der Waals surface area (Å²) in [4.78, 5) is 6.71. The highest BCUT2D eigenvalue weighted by Crippen LogP contribution is 2.37. The predicted molar refractivity (Wildman–Crippen MR) is 70.9 cm³/mol. The minimum Gasteiger partial charge on any atom is -0.443 e.